The molecule has 0 aliphatic carbocycles. The van der Waals surface area contributed by atoms with Crippen LogP contribution >= 0.6 is 0 Å². The van der Waals surface area contributed by atoms with E-state index in [9.17, 15) is 9.59 Å². The van der Waals surface area contributed by atoms with Gasteiger partial charge in [-0.05, 0) is 19.1 Å². The summed E-state index contributed by atoms with van der Waals surface area (Å²) in [4.78, 5) is 31.1. The molecule has 0 radical (unpaired) electrons. The molecule has 0 atom stereocenters. The number of rotatable bonds is 6. The molecule has 4 aromatic rings. The SMILES string of the molecule is Cc1ccc(-c2noc3ncn(CCC(=O)N(C)Cc4ccco4)c(=O)c23)cc1. The van der Waals surface area contributed by atoms with Crippen LogP contribution in [0.1, 0.15) is 17.7 Å². The summed E-state index contributed by atoms with van der Waals surface area (Å²) >= 11 is 0. The van der Waals surface area contributed by atoms with Gasteiger partial charge >= 0.3 is 0 Å². The van der Waals surface area contributed by atoms with Crippen molar-refractivity contribution in [3.8, 4) is 11.3 Å². The minimum absolute atomic E-state index is 0.0996. The highest BCUT2D eigenvalue weighted by atomic mass is 16.5. The molecular formula is C21H20N4O4. The molecule has 1 amide bonds. The number of hydrogen-bond donors (Lipinski definition) is 0. The van der Waals surface area contributed by atoms with Crippen LogP contribution in [-0.4, -0.2) is 32.6 Å². The number of furan rings is 1. The lowest BCUT2D eigenvalue weighted by atomic mass is 10.1. The zero-order chi connectivity index (χ0) is 20.4. The van der Waals surface area contributed by atoms with Crippen molar-refractivity contribution in [1.82, 2.24) is 19.6 Å². The summed E-state index contributed by atoms with van der Waals surface area (Å²) in [6, 6.07) is 11.2. The van der Waals surface area contributed by atoms with E-state index in [0.29, 0.717) is 23.4 Å². The Balaban J connectivity index is 1.54. The maximum atomic E-state index is 13.0. The third-order valence-corrected chi connectivity index (χ3v) is 4.75. The zero-order valence-corrected chi connectivity index (χ0v) is 16.2. The van der Waals surface area contributed by atoms with E-state index in [0.717, 1.165) is 11.1 Å². The van der Waals surface area contributed by atoms with Crippen LogP contribution in [0.4, 0.5) is 0 Å². The molecule has 29 heavy (non-hydrogen) atoms. The van der Waals surface area contributed by atoms with Crippen LogP contribution in [-0.2, 0) is 17.9 Å². The van der Waals surface area contributed by atoms with E-state index >= 15 is 0 Å². The highest BCUT2D eigenvalue weighted by Gasteiger charge is 2.18. The molecule has 3 aromatic heterocycles. The molecule has 3 heterocycles. The molecule has 8 nitrogen and oxygen atoms in total. The number of benzene rings is 1. The fourth-order valence-corrected chi connectivity index (χ4v) is 3.08. The highest BCUT2D eigenvalue weighted by Crippen LogP contribution is 2.24. The van der Waals surface area contributed by atoms with Crippen molar-refractivity contribution < 1.29 is 13.7 Å². The normalized spacial score (nSPS) is 11.1. The molecule has 0 bridgehead atoms. The molecule has 0 spiro atoms. The van der Waals surface area contributed by atoms with Crippen LogP contribution in [0.5, 0.6) is 0 Å². The molecule has 0 saturated heterocycles. The number of aryl methyl sites for hydroxylation is 2. The molecule has 8 heteroatoms. The average Bonchev–Trinajstić information content (AvgIpc) is 3.38. The Labute approximate surface area is 166 Å². The van der Waals surface area contributed by atoms with Gasteiger partial charge in [0.2, 0.25) is 5.91 Å². The molecule has 4 rings (SSSR count). The lowest BCUT2D eigenvalue weighted by Gasteiger charge is -2.16. The standard InChI is InChI=1S/C21H20N4O4/c1-14-5-7-15(8-6-14)19-18-20(29-23-19)22-13-25(21(18)27)10-9-17(26)24(2)12-16-4-3-11-28-16/h3-8,11,13H,9-10,12H2,1-2H3. The van der Waals surface area contributed by atoms with Gasteiger partial charge in [0.05, 0.1) is 12.8 Å². The van der Waals surface area contributed by atoms with Gasteiger partial charge in [0, 0.05) is 25.6 Å². The van der Waals surface area contributed by atoms with Gasteiger partial charge < -0.3 is 13.8 Å². The van der Waals surface area contributed by atoms with Gasteiger partial charge in [0.25, 0.3) is 11.3 Å². The predicted octanol–water partition coefficient (Wildman–Crippen LogP) is 3.00. The number of amides is 1. The van der Waals surface area contributed by atoms with Crippen LogP contribution in [0.15, 0.2) is 62.7 Å². The van der Waals surface area contributed by atoms with Crippen LogP contribution in [0.3, 0.4) is 0 Å². The summed E-state index contributed by atoms with van der Waals surface area (Å²) in [5.41, 5.74) is 2.24. The van der Waals surface area contributed by atoms with Crippen molar-refractivity contribution in [3.63, 3.8) is 0 Å². The van der Waals surface area contributed by atoms with Gasteiger partial charge in [-0.2, -0.15) is 0 Å². The first-order valence-electron chi connectivity index (χ1n) is 9.21. The Bertz CT molecular complexity index is 1190. The van der Waals surface area contributed by atoms with Gasteiger partial charge in [0.15, 0.2) is 0 Å². The molecule has 0 aliphatic heterocycles. The van der Waals surface area contributed by atoms with Crippen LogP contribution in [0.25, 0.3) is 22.4 Å². The second-order valence-corrected chi connectivity index (χ2v) is 6.90. The summed E-state index contributed by atoms with van der Waals surface area (Å²) in [6.45, 7) is 2.57. The quantitative estimate of drug-likeness (QED) is 0.501. The minimum atomic E-state index is -0.284. The maximum Gasteiger partial charge on any atom is 0.266 e. The lowest BCUT2D eigenvalue weighted by molar-refractivity contribution is -0.130. The number of fused-ring (bicyclic) bond motifs is 1. The Morgan fingerprint density at radius 1 is 1.21 bits per heavy atom. The number of aromatic nitrogens is 3. The number of carbonyl (C=O) groups excluding carboxylic acids is 1. The van der Waals surface area contributed by atoms with Crippen molar-refractivity contribution in [3.05, 3.63) is 70.7 Å². The van der Waals surface area contributed by atoms with E-state index in [1.165, 1.54) is 10.9 Å². The number of hydrogen-bond acceptors (Lipinski definition) is 6. The van der Waals surface area contributed by atoms with E-state index in [1.54, 1.807) is 24.3 Å². The van der Waals surface area contributed by atoms with E-state index in [4.69, 9.17) is 8.94 Å². The van der Waals surface area contributed by atoms with Gasteiger partial charge in [-0.15, -0.1) is 0 Å². The van der Waals surface area contributed by atoms with E-state index in [-0.39, 0.29) is 30.1 Å². The van der Waals surface area contributed by atoms with E-state index in [2.05, 4.69) is 10.1 Å². The van der Waals surface area contributed by atoms with Crippen molar-refractivity contribution in [2.75, 3.05) is 7.05 Å². The van der Waals surface area contributed by atoms with Crippen LogP contribution in [0.2, 0.25) is 0 Å². The largest absolute Gasteiger partial charge is 0.467 e. The molecular weight excluding hydrogens is 372 g/mol. The van der Waals surface area contributed by atoms with Crippen molar-refractivity contribution in [1.29, 1.82) is 0 Å². The van der Waals surface area contributed by atoms with E-state index < -0.39 is 0 Å². The third kappa shape index (κ3) is 3.82. The Hall–Kier alpha value is -3.68. The van der Waals surface area contributed by atoms with Crippen LogP contribution in [0, 0.1) is 6.92 Å². The van der Waals surface area contributed by atoms with E-state index in [1.807, 2.05) is 37.3 Å². The molecule has 0 fully saturated rings. The van der Waals surface area contributed by atoms with Crippen molar-refractivity contribution in [2.45, 2.75) is 26.4 Å². The summed E-state index contributed by atoms with van der Waals surface area (Å²) in [6.07, 6.45) is 3.11. The Kier molecular flexibility index (Phi) is 4.99. The maximum absolute atomic E-state index is 13.0. The number of carbonyl (C=O) groups is 1. The van der Waals surface area contributed by atoms with Crippen LogP contribution < -0.4 is 5.56 Å². The molecule has 0 saturated carbocycles. The summed E-state index contributed by atoms with van der Waals surface area (Å²) in [5.74, 6) is 0.603. The molecule has 0 N–H and O–H groups in total. The fourth-order valence-electron chi connectivity index (χ4n) is 3.08. The monoisotopic (exact) mass is 392 g/mol. The van der Waals surface area contributed by atoms with Crippen molar-refractivity contribution in [2.24, 2.45) is 0 Å². The minimum Gasteiger partial charge on any atom is -0.467 e. The zero-order valence-electron chi connectivity index (χ0n) is 16.2. The second-order valence-electron chi connectivity index (χ2n) is 6.90. The van der Waals surface area contributed by atoms with Crippen molar-refractivity contribution >= 4 is 17.0 Å². The lowest BCUT2D eigenvalue weighted by Crippen LogP contribution is -2.29. The highest BCUT2D eigenvalue weighted by molar-refractivity contribution is 5.88. The van der Waals surface area contributed by atoms with Gasteiger partial charge in [0.1, 0.15) is 23.2 Å². The summed E-state index contributed by atoms with van der Waals surface area (Å²) in [7, 11) is 1.70. The Morgan fingerprint density at radius 3 is 2.72 bits per heavy atom. The average molecular weight is 392 g/mol. The molecule has 0 unspecified atom stereocenters. The van der Waals surface area contributed by atoms with Gasteiger partial charge in [-0.25, -0.2) is 4.98 Å². The second kappa shape index (κ2) is 7.75. The predicted molar refractivity (Wildman–Crippen MR) is 106 cm³/mol. The van der Waals surface area contributed by atoms with Gasteiger partial charge in [-0.1, -0.05) is 35.0 Å². The first-order valence-corrected chi connectivity index (χ1v) is 9.21. The summed E-state index contributed by atoms with van der Waals surface area (Å²) in [5, 5.41) is 4.34. The third-order valence-electron chi connectivity index (χ3n) is 4.75. The van der Waals surface area contributed by atoms with Gasteiger partial charge in [-0.3, -0.25) is 14.2 Å². The fraction of sp³-hybridized carbons (Fsp3) is 0.238. The molecule has 1 aromatic carbocycles. The smallest absolute Gasteiger partial charge is 0.266 e. The summed E-state index contributed by atoms with van der Waals surface area (Å²) < 4.78 is 11.9. The topological polar surface area (TPSA) is 94.4 Å². The first-order chi connectivity index (χ1) is 14.0. The first kappa shape index (κ1) is 18.7. The molecule has 148 valence electrons. The number of nitrogens with zero attached hydrogens (tertiary/aromatic N) is 4. The Morgan fingerprint density at radius 2 is 2.00 bits per heavy atom. The molecule has 0 aliphatic rings.